The molecule has 0 aliphatic heterocycles. The summed E-state index contributed by atoms with van der Waals surface area (Å²) in [6, 6.07) is 45.5. The van der Waals surface area contributed by atoms with E-state index in [9.17, 15) is 0 Å². The molecule has 9 heteroatoms. The highest BCUT2D eigenvalue weighted by Crippen LogP contribution is 2.41. The molecule has 12 aromatic rings. The van der Waals surface area contributed by atoms with Crippen LogP contribution in [0.5, 0.6) is 0 Å². The molecule has 0 saturated heterocycles. The molecule has 0 aliphatic rings. The molecule has 55 heavy (non-hydrogen) atoms. The summed E-state index contributed by atoms with van der Waals surface area (Å²) in [6.45, 7) is 0. The average molecular weight is 740 g/mol. The Morgan fingerprint density at radius 2 is 0.909 bits per heavy atom. The van der Waals surface area contributed by atoms with Gasteiger partial charge in [0.1, 0.15) is 21.0 Å². The molecular weight excluding hydrogens is 715 g/mol. The molecule has 7 nitrogen and oxygen atoms in total. The van der Waals surface area contributed by atoms with Gasteiger partial charge in [-0.05, 0) is 101 Å². The van der Waals surface area contributed by atoms with Crippen LogP contribution in [0, 0.1) is 0 Å². The van der Waals surface area contributed by atoms with E-state index < -0.39 is 0 Å². The van der Waals surface area contributed by atoms with Gasteiger partial charge in [-0.3, -0.25) is 19.9 Å². The average Bonchev–Trinajstić information content (AvgIpc) is 3.98. The molecule has 256 valence electrons. The van der Waals surface area contributed by atoms with Gasteiger partial charge in [-0.15, -0.1) is 22.7 Å². The van der Waals surface area contributed by atoms with Crippen molar-refractivity contribution in [2.75, 3.05) is 0 Å². The fourth-order valence-corrected chi connectivity index (χ4v) is 9.93. The summed E-state index contributed by atoms with van der Waals surface area (Å²) < 4.78 is 4.46. The fraction of sp³-hybridized carbons (Fsp3) is 0. The lowest BCUT2D eigenvalue weighted by molar-refractivity contribution is 1.18. The topological polar surface area (TPSA) is 82.3 Å². The Morgan fingerprint density at radius 1 is 0.400 bits per heavy atom. The predicted molar refractivity (Wildman–Crippen MR) is 227 cm³/mol. The monoisotopic (exact) mass is 739 g/mol. The van der Waals surface area contributed by atoms with E-state index in [1.54, 1.807) is 47.5 Å². The first-order valence-corrected chi connectivity index (χ1v) is 19.5. The maximum absolute atomic E-state index is 5.08. The molecule has 0 radical (unpaired) electrons. The van der Waals surface area contributed by atoms with Gasteiger partial charge in [-0.2, -0.15) is 0 Å². The molecule has 0 unspecified atom stereocenters. The number of aromatic nitrogens is 7. The van der Waals surface area contributed by atoms with E-state index in [1.807, 2.05) is 24.3 Å². The predicted octanol–water partition coefficient (Wildman–Crippen LogP) is 12.0. The quantitative estimate of drug-likeness (QED) is 0.179. The third kappa shape index (κ3) is 4.80. The zero-order chi connectivity index (χ0) is 36.0. The minimum absolute atomic E-state index is 0.873. The van der Waals surface area contributed by atoms with E-state index in [1.165, 1.54) is 21.9 Å². The molecule has 12 rings (SSSR count). The van der Waals surface area contributed by atoms with Crippen LogP contribution >= 0.6 is 22.7 Å². The summed E-state index contributed by atoms with van der Waals surface area (Å²) in [7, 11) is 0. The summed E-state index contributed by atoms with van der Waals surface area (Å²) in [5.41, 5.74) is 13.2. The molecule has 0 bridgehead atoms. The molecule has 5 heterocycles. The molecule has 7 aromatic carbocycles. The van der Waals surface area contributed by atoms with E-state index in [4.69, 9.17) is 9.97 Å². The van der Waals surface area contributed by atoms with E-state index >= 15 is 0 Å². The van der Waals surface area contributed by atoms with Gasteiger partial charge < -0.3 is 4.57 Å². The summed E-state index contributed by atoms with van der Waals surface area (Å²) in [5, 5.41) is 6.68. The van der Waals surface area contributed by atoms with Gasteiger partial charge in [0.15, 0.2) is 0 Å². The second-order valence-corrected chi connectivity index (χ2v) is 15.6. The van der Waals surface area contributed by atoms with Gasteiger partial charge in [0.2, 0.25) is 0 Å². The summed E-state index contributed by atoms with van der Waals surface area (Å²) in [5.74, 6) is 0. The number of fused-ring (bicyclic) bond motifs is 10. The van der Waals surface area contributed by atoms with Gasteiger partial charge in [0.25, 0.3) is 0 Å². The fourth-order valence-electron chi connectivity index (χ4n) is 7.82. The molecular formula is C46H25N7S2. The minimum atomic E-state index is 0.873. The zero-order valence-electron chi connectivity index (χ0n) is 28.9. The van der Waals surface area contributed by atoms with Crippen LogP contribution < -0.4 is 0 Å². The van der Waals surface area contributed by atoms with Crippen LogP contribution in [-0.4, -0.2) is 34.5 Å². The van der Waals surface area contributed by atoms with Crippen LogP contribution in [0.1, 0.15) is 0 Å². The minimum Gasteiger partial charge on any atom is -0.309 e. The maximum Gasteiger partial charge on any atom is 0.124 e. The van der Waals surface area contributed by atoms with E-state index in [0.717, 1.165) is 91.1 Å². The Bertz CT molecular complexity index is 3340. The van der Waals surface area contributed by atoms with Crippen LogP contribution in [0.3, 0.4) is 0 Å². The van der Waals surface area contributed by atoms with Crippen LogP contribution in [0.2, 0.25) is 0 Å². The lowest BCUT2D eigenvalue weighted by atomic mass is 10.0. The smallest absolute Gasteiger partial charge is 0.124 e. The summed E-state index contributed by atoms with van der Waals surface area (Å²) in [4.78, 5) is 28.5. The lowest BCUT2D eigenvalue weighted by Gasteiger charge is -2.10. The van der Waals surface area contributed by atoms with Crippen LogP contribution in [0.15, 0.2) is 152 Å². The van der Waals surface area contributed by atoms with Gasteiger partial charge in [0, 0.05) is 52.4 Å². The van der Waals surface area contributed by atoms with Gasteiger partial charge in [0.05, 0.1) is 42.5 Å². The van der Waals surface area contributed by atoms with Crippen molar-refractivity contribution in [3.8, 4) is 38.0 Å². The molecule has 0 amide bonds. The first-order chi connectivity index (χ1) is 27.2. The second kappa shape index (κ2) is 11.8. The van der Waals surface area contributed by atoms with E-state index in [2.05, 4.69) is 128 Å². The Hall–Kier alpha value is -6.94. The van der Waals surface area contributed by atoms with Crippen molar-refractivity contribution in [3.05, 3.63) is 152 Å². The van der Waals surface area contributed by atoms with Crippen molar-refractivity contribution >= 4 is 97.8 Å². The van der Waals surface area contributed by atoms with Crippen LogP contribution in [0.4, 0.5) is 0 Å². The number of rotatable bonds is 4. The maximum atomic E-state index is 5.08. The van der Waals surface area contributed by atoms with E-state index in [-0.39, 0.29) is 0 Å². The van der Waals surface area contributed by atoms with Crippen LogP contribution in [-0.2, 0) is 0 Å². The van der Waals surface area contributed by atoms with Crippen LogP contribution in [0.25, 0.3) is 113 Å². The molecule has 5 aromatic heterocycles. The highest BCUT2D eigenvalue weighted by Gasteiger charge is 2.18. The number of hydrogen-bond acceptors (Lipinski definition) is 8. The largest absolute Gasteiger partial charge is 0.309 e. The molecule has 0 saturated carbocycles. The second-order valence-electron chi connectivity index (χ2n) is 13.6. The van der Waals surface area contributed by atoms with Crippen molar-refractivity contribution in [2.24, 2.45) is 0 Å². The number of hydrogen-bond donors (Lipinski definition) is 0. The zero-order valence-corrected chi connectivity index (χ0v) is 30.5. The number of benzene rings is 7. The first kappa shape index (κ1) is 30.5. The SMILES string of the molecule is c1ccc2cc(-c3ccc(-n4c5ccc(-c6nc7ccc8nccnc8c7s6)cc5c5cc(-c6nc7ccc8nccnc8c7s6)ccc54)cc3)ccc2c1. The molecule has 0 atom stereocenters. The van der Waals surface area contributed by atoms with Crippen molar-refractivity contribution in [2.45, 2.75) is 0 Å². The Morgan fingerprint density at radius 3 is 1.51 bits per heavy atom. The molecule has 0 N–H and O–H groups in total. The van der Waals surface area contributed by atoms with Gasteiger partial charge in [-0.1, -0.05) is 48.5 Å². The van der Waals surface area contributed by atoms with Crippen molar-refractivity contribution in [1.29, 1.82) is 0 Å². The van der Waals surface area contributed by atoms with Gasteiger partial charge >= 0.3 is 0 Å². The first-order valence-electron chi connectivity index (χ1n) is 17.9. The molecule has 0 spiro atoms. The summed E-state index contributed by atoms with van der Waals surface area (Å²) >= 11 is 3.32. The van der Waals surface area contributed by atoms with Gasteiger partial charge in [-0.25, -0.2) is 9.97 Å². The third-order valence-corrected chi connectivity index (χ3v) is 12.7. The Labute approximate surface area is 320 Å². The standard InChI is InChI=1S/C46H25N7S2/c1-2-4-28-23-29(6-5-26(28)3-1)27-7-11-32(12-8-27)53-39-17-9-30(45-51-37-15-13-35-41(43(37)54-45)49-21-19-47-35)24-33(39)34-25-31(10-18-40(34)53)46-52-38-16-14-36-42(44(38)55-46)50-22-20-48-36/h1-25H. The highest BCUT2D eigenvalue weighted by atomic mass is 32.1. The van der Waals surface area contributed by atoms with Crippen molar-refractivity contribution in [3.63, 3.8) is 0 Å². The lowest BCUT2D eigenvalue weighted by Crippen LogP contribution is -1.94. The molecule has 0 aliphatic carbocycles. The Kier molecular flexibility index (Phi) is 6.54. The van der Waals surface area contributed by atoms with E-state index in [0.29, 0.717) is 0 Å². The third-order valence-electron chi connectivity index (χ3n) is 10.5. The number of nitrogens with zero attached hydrogens (tertiary/aromatic N) is 7. The summed E-state index contributed by atoms with van der Waals surface area (Å²) in [6.07, 6.45) is 6.95. The number of thiazole rings is 2. The van der Waals surface area contributed by atoms with Crippen molar-refractivity contribution in [1.82, 2.24) is 34.5 Å². The highest BCUT2D eigenvalue weighted by molar-refractivity contribution is 7.23. The molecule has 0 fully saturated rings. The van der Waals surface area contributed by atoms with Crippen molar-refractivity contribution < 1.29 is 0 Å². The normalized spacial score (nSPS) is 12.0. The Balaban J connectivity index is 1.04.